The predicted molar refractivity (Wildman–Crippen MR) is 98.9 cm³/mol. The number of hydrogen-bond donors (Lipinski definition) is 2. The molecule has 1 heterocycles. The smallest absolute Gasteiger partial charge is 0.262 e. The van der Waals surface area contributed by atoms with E-state index in [0.29, 0.717) is 11.4 Å². The monoisotopic (exact) mass is 344 g/mol. The number of carbonyl (C=O) groups excluding carboxylic acids is 1. The molecular weight excluding hydrogens is 328 g/mol. The Morgan fingerprint density at radius 1 is 1.04 bits per heavy atom. The van der Waals surface area contributed by atoms with Crippen molar-refractivity contribution in [2.45, 2.75) is 0 Å². The van der Waals surface area contributed by atoms with Crippen LogP contribution in [0.15, 0.2) is 72.9 Å². The van der Waals surface area contributed by atoms with Gasteiger partial charge in [0.05, 0.1) is 0 Å². The van der Waals surface area contributed by atoms with Crippen molar-refractivity contribution < 1.29 is 14.6 Å². The highest BCUT2D eigenvalue weighted by Gasteiger charge is 2.06. The second-order valence-electron chi connectivity index (χ2n) is 5.35. The van der Waals surface area contributed by atoms with Gasteiger partial charge in [0.1, 0.15) is 5.69 Å². The first kappa shape index (κ1) is 17.1. The number of benzene rings is 2. The first-order valence-electron chi connectivity index (χ1n) is 7.94. The minimum atomic E-state index is -0.330. The third kappa shape index (κ3) is 4.86. The Morgan fingerprint density at radius 2 is 1.88 bits per heavy atom. The quantitative estimate of drug-likeness (QED) is 0.713. The van der Waals surface area contributed by atoms with Gasteiger partial charge in [0.15, 0.2) is 18.1 Å². The summed E-state index contributed by atoms with van der Waals surface area (Å²) in [5, 5.41) is 12.4. The summed E-state index contributed by atoms with van der Waals surface area (Å²) in [7, 11) is 0. The number of nitrogens with one attached hydrogen (secondary N) is 1. The van der Waals surface area contributed by atoms with Crippen molar-refractivity contribution >= 4 is 11.6 Å². The Balaban J connectivity index is 1.61. The van der Waals surface area contributed by atoms with Gasteiger partial charge in [-0.25, -0.2) is 4.98 Å². The van der Waals surface area contributed by atoms with E-state index in [1.807, 2.05) is 30.3 Å². The number of phenols is 1. The fraction of sp³-hybridized carbons (Fsp3) is 0.0476. The maximum absolute atomic E-state index is 12.0. The number of amides is 1. The van der Waals surface area contributed by atoms with Crippen LogP contribution in [0.25, 0.3) is 0 Å². The molecule has 128 valence electrons. The molecule has 0 atom stereocenters. The molecule has 0 radical (unpaired) electrons. The lowest BCUT2D eigenvalue weighted by atomic mass is 10.2. The molecule has 26 heavy (non-hydrogen) atoms. The fourth-order valence-corrected chi connectivity index (χ4v) is 2.17. The third-order valence-corrected chi connectivity index (χ3v) is 3.37. The molecule has 0 aliphatic heterocycles. The molecule has 2 aromatic carbocycles. The summed E-state index contributed by atoms with van der Waals surface area (Å²) in [5.74, 6) is 5.90. The van der Waals surface area contributed by atoms with E-state index >= 15 is 0 Å². The predicted octanol–water partition coefficient (Wildman–Crippen LogP) is 3.20. The molecule has 0 saturated heterocycles. The number of pyridine rings is 1. The van der Waals surface area contributed by atoms with E-state index in [9.17, 15) is 9.90 Å². The van der Waals surface area contributed by atoms with Gasteiger partial charge in [-0.15, -0.1) is 0 Å². The molecule has 5 nitrogen and oxygen atoms in total. The molecule has 0 bridgehead atoms. The van der Waals surface area contributed by atoms with E-state index < -0.39 is 0 Å². The fourth-order valence-electron chi connectivity index (χ4n) is 2.17. The summed E-state index contributed by atoms with van der Waals surface area (Å²) < 4.78 is 5.31. The highest BCUT2D eigenvalue weighted by Crippen LogP contribution is 2.24. The number of carbonyl (C=O) groups is 1. The van der Waals surface area contributed by atoms with Crippen molar-refractivity contribution in [1.82, 2.24) is 4.98 Å². The molecule has 3 aromatic rings. The zero-order valence-electron chi connectivity index (χ0n) is 13.8. The van der Waals surface area contributed by atoms with Crippen LogP contribution >= 0.6 is 0 Å². The number of ether oxygens (including phenoxy) is 1. The van der Waals surface area contributed by atoms with Crippen LogP contribution in [0, 0.1) is 11.8 Å². The minimum Gasteiger partial charge on any atom is -0.504 e. The van der Waals surface area contributed by atoms with Gasteiger partial charge in [0.2, 0.25) is 0 Å². The normalized spacial score (nSPS) is 9.69. The topological polar surface area (TPSA) is 71.5 Å². The maximum Gasteiger partial charge on any atom is 0.262 e. The van der Waals surface area contributed by atoms with Crippen molar-refractivity contribution in [3.63, 3.8) is 0 Å². The molecule has 0 fully saturated rings. The summed E-state index contributed by atoms with van der Waals surface area (Å²) in [4.78, 5) is 16.2. The van der Waals surface area contributed by atoms with Gasteiger partial charge >= 0.3 is 0 Å². The zero-order chi connectivity index (χ0) is 18.2. The van der Waals surface area contributed by atoms with Crippen LogP contribution in [0.4, 0.5) is 5.69 Å². The molecule has 0 aliphatic carbocycles. The first-order valence-corrected chi connectivity index (χ1v) is 7.94. The maximum atomic E-state index is 12.0. The molecule has 0 aliphatic rings. The second kappa shape index (κ2) is 8.36. The van der Waals surface area contributed by atoms with Gasteiger partial charge in [-0.2, -0.15) is 0 Å². The number of anilines is 1. The molecule has 1 aromatic heterocycles. The Hall–Kier alpha value is -3.78. The van der Waals surface area contributed by atoms with E-state index in [-0.39, 0.29) is 24.0 Å². The summed E-state index contributed by atoms with van der Waals surface area (Å²) >= 11 is 0. The number of hydrogen-bond acceptors (Lipinski definition) is 4. The number of para-hydroxylation sites is 2. The number of nitrogens with zero attached hydrogens (tertiary/aromatic N) is 1. The summed E-state index contributed by atoms with van der Waals surface area (Å²) in [6.45, 7) is -0.207. The lowest BCUT2D eigenvalue weighted by Crippen LogP contribution is -2.20. The average Bonchev–Trinajstić information content (AvgIpc) is 2.67. The van der Waals surface area contributed by atoms with E-state index in [1.165, 1.54) is 6.07 Å². The SMILES string of the molecule is O=C(COc1ccccc1O)Nc1cccc(C#Cc2ccccn2)c1. The molecule has 1 amide bonds. The molecule has 5 heteroatoms. The Labute approximate surface area is 151 Å². The van der Waals surface area contributed by atoms with Crippen molar-refractivity contribution in [2.75, 3.05) is 11.9 Å². The van der Waals surface area contributed by atoms with Gasteiger partial charge < -0.3 is 15.2 Å². The van der Waals surface area contributed by atoms with E-state index in [1.54, 1.807) is 36.5 Å². The number of phenolic OH excluding ortho intramolecular Hbond substituents is 1. The minimum absolute atomic E-state index is 0.00732. The Morgan fingerprint density at radius 3 is 2.69 bits per heavy atom. The molecule has 0 unspecified atom stereocenters. The van der Waals surface area contributed by atoms with Crippen molar-refractivity contribution in [3.8, 4) is 23.3 Å². The Kier molecular flexibility index (Phi) is 5.48. The van der Waals surface area contributed by atoms with Gasteiger partial charge in [-0.1, -0.05) is 30.2 Å². The molecule has 2 N–H and O–H groups in total. The second-order valence-corrected chi connectivity index (χ2v) is 5.35. The van der Waals surface area contributed by atoms with E-state index in [4.69, 9.17) is 4.74 Å². The van der Waals surface area contributed by atoms with Gasteiger partial charge in [0.25, 0.3) is 5.91 Å². The summed E-state index contributed by atoms with van der Waals surface area (Å²) in [6, 6.07) is 19.2. The van der Waals surface area contributed by atoms with Crippen LogP contribution in [0.5, 0.6) is 11.5 Å². The number of aromatic hydroxyl groups is 1. The highest BCUT2D eigenvalue weighted by molar-refractivity contribution is 5.92. The summed E-state index contributed by atoms with van der Waals surface area (Å²) in [6.07, 6.45) is 1.69. The van der Waals surface area contributed by atoms with Crippen LogP contribution in [0.2, 0.25) is 0 Å². The molecular formula is C21H16N2O3. The molecule has 3 rings (SSSR count). The van der Waals surface area contributed by atoms with Gasteiger partial charge in [0, 0.05) is 17.4 Å². The Bertz CT molecular complexity index is 959. The lowest BCUT2D eigenvalue weighted by molar-refractivity contribution is -0.118. The zero-order valence-corrected chi connectivity index (χ0v) is 13.8. The standard InChI is InChI=1S/C21H16N2O3/c24-19-9-1-2-10-20(19)26-15-21(25)23-18-8-5-6-16(14-18)11-12-17-7-3-4-13-22-17/h1-10,13-14,24H,15H2,(H,23,25). The number of rotatable bonds is 4. The first-order chi connectivity index (χ1) is 12.7. The van der Waals surface area contributed by atoms with E-state index in [2.05, 4.69) is 22.1 Å². The van der Waals surface area contributed by atoms with Gasteiger partial charge in [-0.05, 0) is 48.4 Å². The van der Waals surface area contributed by atoms with Crippen LogP contribution in [0.3, 0.4) is 0 Å². The molecule has 0 spiro atoms. The average molecular weight is 344 g/mol. The van der Waals surface area contributed by atoms with E-state index in [0.717, 1.165) is 5.56 Å². The number of aromatic nitrogens is 1. The summed E-state index contributed by atoms with van der Waals surface area (Å²) in [5.41, 5.74) is 2.05. The van der Waals surface area contributed by atoms with Crippen LogP contribution in [-0.4, -0.2) is 22.6 Å². The van der Waals surface area contributed by atoms with Gasteiger partial charge in [-0.3, -0.25) is 4.79 Å². The lowest BCUT2D eigenvalue weighted by Gasteiger charge is -2.08. The third-order valence-electron chi connectivity index (χ3n) is 3.37. The van der Waals surface area contributed by atoms with Crippen molar-refractivity contribution in [3.05, 3.63) is 84.2 Å². The van der Waals surface area contributed by atoms with Crippen LogP contribution in [0.1, 0.15) is 11.3 Å². The molecule has 0 saturated carbocycles. The van der Waals surface area contributed by atoms with Crippen LogP contribution < -0.4 is 10.1 Å². The largest absolute Gasteiger partial charge is 0.504 e. The highest BCUT2D eigenvalue weighted by atomic mass is 16.5. The van der Waals surface area contributed by atoms with Crippen LogP contribution in [-0.2, 0) is 4.79 Å². The van der Waals surface area contributed by atoms with Crippen molar-refractivity contribution in [2.24, 2.45) is 0 Å². The van der Waals surface area contributed by atoms with Crippen molar-refractivity contribution in [1.29, 1.82) is 0 Å².